The van der Waals surface area contributed by atoms with Crippen molar-refractivity contribution in [2.24, 2.45) is 5.92 Å². The minimum Gasteiger partial charge on any atom is -0.490 e. The van der Waals surface area contributed by atoms with Gasteiger partial charge in [0, 0.05) is 31.7 Å². The van der Waals surface area contributed by atoms with E-state index in [1.165, 1.54) is 6.42 Å². The van der Waals surface area contributed by atoms with Crippen molar-refractivity contribution in [1.29, 1.82) is 0 Å². The van der Waals surface area contributed by atoms with Gasteiger partial charge >= 0.3 is 5.97 Å². The van der Waals surface area contributed by atoms with Gasteiger partial charge in [-0.05, 0) is 73.9 Å². The van der Waals surface area contributed by atoms with Gasteiger partial charge in [-0.3, -0.25) is 4.79 Å². The molecule has 1 unspecified atom stereocenters. The summed E-state index contributed by atoms with van der Waals surface area (Å²) in [6, 6.07) is 10.7. The van der Waals surface area contributed by atoms with Gasteiger partial charge in [-0.2, -0.15) is 4.31 Å². The average molecular weight is 472 g/mol. The molecule has 0 spiro atoms. The molecule has 1 aliphatic carbocycles. The number of ether oxygens (including phenoxy) is 1. The molecule has 0 bridgehead atoms. The quantitative estimate of drug-likeness (QED) is 0.662. The van der Waals surface area contributed by atoms with Gasteiger partial charge in [0.1, 0.15) is 18.1 Å². The lowest BCUT2D eigenvalue weighted by Crippen LogP contribution is -2.40. The Kier molecular flexibility index (Phi) is 6.01. The molecule has 1 aromatic carbocycles. The normalized spacial score (nSPS) is 22.1. The maximum Gasteiger partial charge on any atom is 0.323 e. The summed E-state index contributed by atoms with van der Waals surface area (Å²) in [5.41, 5.74) is 1.07. The molecule has 5 rings (SSSR count). The molecule has 0 radical (unpaired) electrons. The summed E-state index contributed by atoms with van der Waals surface area (Å²) in [4.78, 5) is 17.8. The van der Waals surface area contributed by atoms with Crippen LogP contribution >= 0.6 is 0 Å². The van der Waals surface area contributed by atoms with E-state index < -0.39 is 16.0 Å². The predicted molar refractivity (Wildman–Crippen MR) is 123 cm³/mol. The number of hydrogen-bond donors (Lipinski definition) is 1. The minimum absolute atomic E-state index is 0.0752. The molecule has 0 amide bonds. The third kappa shape index (κ3) is 4.44. The molecule has 1 saturated heterocycles. The van der Waals surface area contributed by atoms with Crippen molar-refractivity contribution in [3.63, 3.8) is 0 Å². The third-order valence-corrected chi connectivity index (χ3v) is 9.06. The number of hydrogen-bond acceptors (Lipinski definition) is 6. The van der Waals surface area contributed by atoms with Gasteiger partial charge in [-0.15, -0.1) is 0 Å². The number of benzene rings is 1. The standard InChI is InChI=1S/C24H29N3O5S/c28-23(29)16-26-15-22(21-5-2-12-25-24(21)26)17-10-13-27(14-11-17)33(30,31)20-8-6-19(7-9-20)32-18-3-1-4-18/h2,5-9,12,17-18,22H,1,3-4,10-11,13-16H2,(H,28,29). The summed E-state index contributed by atoms with van der Waals surface area (Å²) in [7, 11) is -3.56. The molecular weight excluding hydrogens is 442 g/mol. The maximum atomic E-state index is 13.2. The number of carbonyl (C=O) groups is 1. The highest BCUT2D eigenvalue weighted by atomic mass is 32.2. The molecular formula is C24H29N3O5S. The molecule has 1 aromatic heterocycles. The molecule has 3 heterocycles. The van der Waals surface area contributed by atoms with Crippen molar-refractivity contribution in [1.82, 2.24) is 9.29 Å². The fourth-order valence-electron chi connectivity index (χ4n) is 5.13. The fraction of sp³-hybridized carbons (Fsp3) is 0.500. The topological polar surface area (TPSA) is 100 Å². The van der Waals surface area contributed by atoms with Gasteiger partial charge < -0.3 is 14.7 Å². The van der Waals surface area contributed by atoms with Crippen LogP contribution in [0.1, 0.15) is 43.6 Å². The lowest BCUT2D eigenvalue weighted by molar-refractivity contribution is -0.135. The number of anilines is 1. The van der Waals surface area contributed by atoms with Crippen LogP contribution in [0.5, 0.6) is 5.75 Å². The summed E-state index contributed by atoms with van der Waals surface area (Å²) >= 11 is 0. The van der Waals surface area contributed by atoms with E-state index in [4.69, 9.17) is 4.74 Å². The van der Waals surface area contributed by atoms with Crippen molar-refractivity contribution in [2.45, 2.75) is 49.0 Å². The van der Waals surface area contributed by atoms with Gasteiger partial charge in [0.05, 0.1) is 11.0 Å². The Morgan fingerprint density at radius 3 is 2.45 bits per heavy atom. The van der Waals surface area contributed by atoms with Crippen LogP contribution in [0.2, 0.25) is 0 Å². The third-order valence-electron chi connectivity index (χ3n) is 7.14. The van der Waals surface area contributed by atoms with E-state index >= 15 is 0 Å². The highest BCUT2D eigenvalue weighted by Crippen LogP contribution is 2.42. The summed E-state index contributed by atoms with van der Waals surface area (Å²) < 4.78 is 33.8. The van der Waals surface area contributed by atoms with Crippen LogP contribution in [0.3, 0.4) is 0 Å². The zero-order chi connectivity index (χ0) is 23.0. The molecule has 3 aliphatic rings. The molecule has 1 N–H and O–H groups in total. The number of rotatable bonds is 7. The molecule has 2 aliphatic heterocycles. The van der Waals surface area contributed by atoms with E-state index in [0.717, 1.165) is 42.8 Å². The molecule has 1 saturated carbocycles. The second-order valence-electron chi connectivity index (χ2n) is 9.18. The zero-order valence-corrected chi connectivity index (χ0v) is 19.3. The smallest absolute Gasteiger partial charge is 0.323 e. The number of piperidine rings is 1. The molecule has 9 heteroatoms. The lowest BCUT2D eigenvalue weighted by atomic mass is 9.82. The molecule has 2 fully saturated rings. The first kappa shape index (κ1) is 22.2. The van der Waals surface area contributed by atoms with Crippen molar-refractivity contribution < 1.29 is 23.1 Å². The SMILES string of the molecule is O=C(O)CN1CC(C2CCN(S(=O)(=O)c3ccc(OC4CCC4)cc3)CC2)c2cccnc21. The number of carboxylic acids is 1. The van der Waals surface area contributed by atoms with E-state index in [1.807, 2.05) is 17.0 Å². The van der Waals surface area contributed by atoms with Crippen LogP contribution < -0.4 is 9.64 Å². The Balaban J connectivity index is 1.24. The van der Waals surface area contributed by atoms with Crippen LogP contribution in [0.4, 0.5) is 5.82 Å². The first-order chi connectivity index (χ1) is 15.9. The first-order valence-electron chi connectivity index (χ1n) is 11.6. The average Bonchev–Trinajstić information content (AvgIpc) is 3.15. The van der Waals surface area contributed by atoms with Gasteiger partial charge in [-0.25, -0.2) is 13.4 Å². The number of nitrogens with zero attached hydrogens (tertiary/aromatic N) is 3. The van der Waals surface area contributed by atoms with Gasteiger partial charge in [0.25, 0.3) is 0 Å². The second-order valence-corrected chi connectivity index (χ2v) is 11.1. The summed E-state index contributed by atoms with van der Waals surface area (Å²) in [5.74, 6) is 1.04. The fourth-order valence-corrected chi connectivity index (χ4v) is 6.60. The molecule has 8 nitrogen and oxygen atoms in total. The Morgan fingerprint density at radius 1 is 1.09 bits per heavy atom. The predicted octanol–water partition coefficient (Wildman–Crippen LogP) is 3.10. The Morgan fingerprint density at radius 2 is 1.82 bits per heavy atom. The van der Waals surface area contributed by atoms with Crippen molar-refractivity contribution in [3.8, 4) is 5.75 Å². The van der Waals surface area contributed by atoms with Crippen LogP contribution in [-0.4, -0.2) is 61.1 Å². The van der Waals surface area contributed by atoms with Crippen molar-refractivity contribution in [2.75, 3.05) is 31.1 Å². The van der Waals surface area contributed by atoms with Crippen LogP contribution in [0.15, 0.2) is 47.5 Å². The van der Waals surface area contributed by atoms with Crippen LogP contribution in [-0.2, 0) is 14.8 Å². The summed E-state index contributed by atoms with van der Waals surface area (Å²) in [6.45, 7) is 1.45. The van der Waals surface area contributed by atoms with Gasteiger partial charge in [0.2, 0.25) is 10.0 Å². The number of aliphatic carboxylic acids is 1. The maximum absolute atomic E-state index is 13.2. The van der Waals surface area contributed by atoms with Gasteiger partial charge in [-0.1, -0.05) is 6.07 Å². The van der Waals surface area contributed by atoms with Crippen LogP contribution in [0, 0.1) is 5.92 Å². The Hall–Kier alpha value is -2.65. The van der Waals surface area contributed by atoms with Gasteiger partial charge in [0.15, 0.2) is 0 Å². The molecule has 1 atom stereocenters. The van der Waals surface area contributed by atoms with E-state index in [0.29, 0.717) is 24.5 Å². The number of pyridine rings is 1. The van der Waals surface area contributed by atoms with E-state index in [-0.39, 0.29) is 24.5 Å². The number of sulfonamides is 1. The van der Waals surface area contributed by atoms with Crippen molar-refractivity contribution in [3.05, 3.63) is 48.2 Å². The van der Waals surface area contributed by atoms with E-state index in [1.54, 1.807) is 34.8 Å². The monoisotopic (exact) mass is 471 g/mol. The number of fused-ring (bicyclic) bond motifs is 1. The summed E-state index contributed by atoms with van der Waals surface area (Å²) in [5, 5.41) is 9.25. The zero-order valence-electron chi connectivity index (χ0n) is 18.5. The molecule has 33 heavy (non-hydrogen) atoms. The molecule has 176 valence electrons. The summed E-state index contributed by atoms with van der Waals surface area (Å²) in [6.07, 6.45) is 6.73. The first-order valence-corrected chi connectivity index (χ1v) is 13.0. The van der Waals surface area contributed by atoms with E-state index in [9.17, 15) is 18.3 Å². The highest BCUT2D eigenvalue weighted by Gasteiger charge is 2.39. The largest absolute Gasteiger partial charge is 0.490 e. The highest BCUT2D eigenvalue weighted by molar-refractivity contribution is 7.89. The van der Waals surface area contributed by atoms with E-state index in [2.05, 4.69) is 4.98 Å². The Labute approximate surface area is 194 Å². The minimum atomic E-state index is -3.56. The van der Waals surface area contributed by atoms with Crippen LogP contribution in [0.25, 0.3) is 0 Å². The number of aromatic nitrogens is 1. The lowest BCUT2D eigenvalue weighted by Gasteiger charge is -2.34. The van der Waals surface area contributed by atoms with Crippen molar-refractivity contribution >= 4 is 21.8 Å². The number of carboxylic acid groups (broad SMARTS) is 1. The molecule has 2 aromatic rings. The Bertz CT molecular complexity index is 1110. The second kappa shape index (κ2) is 8.95.